The number of aliphatic hydroxyl groups is 1. The van der Waals surface area contributed by atoms with Crippen molar-refractivity contribution in [2.75, 3.05) is 13.7 Å². The Labute approximate surface area is 100 Å². The zero-order valence-corrected chi connectivity index (χ0v) is 11.1. The van der Waals surface area contributed by atoms with E-state index in [0.717, 1.165) is 6.42 Å². The molecule has 98 valence electrons. The van der Waals surface area contributed by atoms with Crippen LogP contribution in [-0.4, -0.2) is 24.8 Å². The van der Waals surface area contributed by atoms with Gasteiger partial charge in [-0.15, -0.1) is 0 Å². The normalized spacial score (nSPS) is 15.0. The third kappa shape index (κ3) is 10.4. The van der Waals surface area contributed by atoms with Crippen LogP contribution in [0.3, 0.4) is 0 Å². The van der Waals surface area contributed by atoms with Gasteiger partial charge < -0.3 is 14.6 Å². The summed E-state index contributed by atoms with van der Waals surface area (Å²) in [4.78, 5) is 0. The lowest BCUT2D eigenvalue weighted by atomic mass is 10.1. The van der Waals surface area contributed by atoms with Gasteiger partial charge in [0.1, 0.15) is 0 Å². The Kier molecular flexibility index (Phi) is 9.99. The van der Waals surface area contributed by atoms with Crippen molar-refractivity contribution in [2.45, 2.75) is 71.2 Å². The minimum Gasteiger partial charge on any atom is -0.344 e. The van der Waals surface area contributed by atoms with E-state index in [0.29, 0.717) is 6.61 Å². The fourth-order valence-electron chi connectivity index (χ4n) is 1.56. The van der Waals surface area contributed by atoms with Crippen LogP contribution in [0.15, 0.2) is 0 Å². The highest BCUT2D eigenvalue weighted by molar-refractivity contribution is 4.47. The molecule has 1 N–H and O–H groups in total. The van der Waals surface area contributed by atoms with E-state index in [1.165, 1.54) is 59.0 Å². The van der Waals surface area contributed by atoms with Crippen LogP contribution >= 0.6 is 0 Å². The topological polar surface area (TPSA) is 38.7 Å². The first-order valence-corrected chi connectivity index (χ1v) is 6.54. The quantitative estimate of drug-likeness (QED) is 0.438. The first kappa shape index (κ1) is 15.9. The fourth-order valence-corrected chi connectivity index (χ4v) is 1.56. The van der Waals surface area contributed by atoms with Gasteiger partial charge in [-0.05, 0) is 6.42 Å². The molecule has 0 aromatic carbocycles. The average molecular weight is 232 g/mol. The zero-order valence-electron chi connectivity index (χ0n) is 11.1. The minimum absolute atomic E-state index is 0.565. The molecule has 3 heteroatoms. The van der Waals surface area contributed by atoms with Crippen molar-refractivity contribution in [1.29, 1.82) is 0 Å². The van der Waals surface area contributed by atoms with Crippen molar-refractivity contribution in [3.05, 3.63) is 0 Å². The molecule has 0 saturated carbocycles. The molecule has 0 aromatic heterocycles. The van der Waals surface area contributed by atoms with Gasteiger partial charge in [0.05, 0.1) is 6.61 Å². The summed E-state index contributed by atoms with van der Waals surface area (Å²) in [5.74, 6) is -1.42. The van der Waals surface area contributed by atoms with E-state index in [4.69, 9.17) is 9.47 Å². The second kappa shape index (κ2) is 10.1. The lowest BCUT2D eigenvalue weighted by Crippen LogP contribution is -2.30. The van der Waals surface area contributed by atoms with Crippen LogP contribution in [0.1, 0.15) is 65.2 Å². The summed E-state index contributed by atoms with van der Waals surface area (Å²) in [6, 6.07) is 0. The van der Waals surface area contributed by atoms with E-state index in [1.54, 1.807) is 0 Å². The fraction of sp³-hybridized carbons (Fsp3) is 1.00. The van der Waals surface area contributed by atoms with Crippen LogP contribution in [0.5, 0.6) is 0 Å². The van der Waals surface area contributed by atoms with Gasteiger partial charge in [-0.1, -0.05) is 51.9 Å². The van der Waals surface area contributed by atoms with Crippen molar-refractivity contribution in [3.8, 4) is 0 Å². The molecule has 16 heavy (non-hydrogen) atoms. The summed E-state index contributed by atoms with van der Waals surface area (Å²) in [5.41, 5.74) is 0. The van der Waals surface area contributed by atoms with Crippen LogP contribution in [-0.2, 0) is 9.47 Å². The maximum absolute atomic E-state index is 9.38. The number of ether oxygens (including phenoxy) is 2. The predicted molar refractivity (Wildman–Crippen MR) is 66.2 cm³/mol. The molecular weight excluding hydrogens is 204 g/mol. The second-order valence-electron chi connectivity index (χ2n) is 4.43. The molecule has 0 aliphatic carbocycles. The second-order valence-corrected chi connectivity index (χ2v) is 4.43. The van der Waals surface area contributed by atoms with Gasteiger partial charge in [-0.25, -0.2) is 0 Å². The highest BCUT2D eigenvalue weighted by Crippen LogP contribution is 2.10. The Balaban J connectivity index is 3.10. The molecule has 0 aliphatic rings. The van der Waals surface area contributed by atoms with Crippen molar-refractivity contribution in [3.63, 3.8) is 0 Å². The van der Waals surface area contributed by atoms with Gasteiger partial charge in [0.2, 0.25) is 0 Å². The molecule has 3 nitrogen and oxygen atoms in total. The van der Waals surface area contributed by atoms with Gasteiger partial charge in [-0.2, -0.15) is 0 Å². The Bertz CT molecular complexity index is 146. The first-order valence-electron chi connectivity index (χ1n) is 6.54. The Morgan fingerprint density at radius 3 is 1.94 bits per heavy atom. The molecule has 0 aliphatic heterocycles. The molecule has 0 radical (unpaired) electrons. The number of hydrogen-bond donors (Lipinski definition) is 1. The van der Waals surface area contributed by atoms with Gasteiger partial charge in [0.25, 0.3) is 5.97 Å². The first-order chi connectivity index (χ1) is 7.62. The van der Waals surface area contributed by atoms with E-state index >= 15 is 0 Å². The van der Waals surface area contributed by atoms with Crippen LogP contribution in [0, 0.1) is 0 Å². The molecule has 0 saturated heterocycles. The predicted octanol–water partition coefficient (Wildman–Crippen LogP) is 3.46. The van der Waals surface area contributed by atoms with E-state index in [9.17, 15) is 5.11 Å². The van der Waals surface area contributed by atoms with E-state index in [2.05, 4.69) is 6.92 Å². The summed E-state index contributed by atoms with van der Waals surface area (Å²) in [7, 11) is 1.44. The average Bonchev–Trinajstić information content (AvgIpc) is 2.27. The van der Waals surface area contributed by atoms with Crippen LogP contribution < -0.4 is 0 Å². The number of unbranched alkanes of at least 4 members (excludes halogenated alkanes) is 7. The highest BCUT2D eigenvalue weighted by Gasteiger charge is 2.18. The molecule has 1 atom stereocenters. The maximum atomic E-state index is 9.38. The molecule has 0 spiro atoms. The smallest absolute Gasteiger partial charge is 0.277 e. The summed E-state index contributed by atoms with van der Waals surface area (Å²) >= 11 is 0. The molecular formula is C13H28O3. The van der Waals surface area contributed by atoms with Gasteiger partial charge in [0.15, 0.2) is 0 Å². The lowest BCUT2D eigenvalue weighted by molar-refractivity contribution is -0.338. The molecule has 0 aromatic rings. The standard InChI is InChI=1S/C13H28O3/c1-4-5-6-7-8-9-10-11-12-16-13(2,14)15-3/h14H,4-12H2,1-3H3. The SMILES string of the molecule is CCCCCCCCCCOC(C)(O)OC. The summed E-state index contributed by atoms with van der Waals surface area (Å²) in [6.07, 6.45) is 10.1. The summed E-state index contributed by atoms with van der Waals surface area (Å²) in [6.45, 7) is 4.31. The Hall–Kier alpha value is -0.120. The molecule has 0 rings (SSSR count). The van der Waals surface area contributed by atoms with E-state index in [1.807, 2.05) is 0 Å². The van der Waals surface area contributed by atoms with Crippen molar-refractivity contribution in [2.24, 2.45) is 0 Å². The van der Waals surface area contributed by atoms with E-state index < -0.39 is 5.97 Å². The van der Waals surface area contributed by atoms with Gasteiger partial charge >= 0.3 is 0 Å². The maximum Gasteiger partial charge on any atom is 0.277 e. The molecule has 1 unspecified atom stereocenters. The zero-order chi connectivity index (χ0) is 12.3. The third-order valence-corrected chi connectivity index (χ3v) is 2.75. The third-order valence-electron chi connectivity index (χ3n) is 2.75. The summed E-state index contributed by atoms with van der Waals surface area (Å²) < 4.78 is 9.90. The Morgan fingerprint density at radius 1 is 0.938 bits per heavy atom. The summed E-state index contributed by atoms with van der Waals surface area (Å²) in [5, 5.41) is 9.38. The molecule has 0 bridgehead atoms. The van der Waals surface area contributed by atoms with Gasteiger partial charge in [0, 0.05) is 14.0 Å². The van der Waals surface area contributed by atoms with Crippen LogP contribution in [0.25, 0.3) is 0 Å². The van der Waals surface area contributed by atoms with Crippen LogP contribution in [0.2, 0.25) is 0 Å². The lowest BCUT2D eigenvalue weighted by Gasteiger charge is -2.21. The minimum atomic E-state index is -1.42. The Morgan fingerprint density at radius 2 is 1.44 bits per heavy atom. The molecule has 0 heterocycles. The van der Waals surface area contributed by atoms with E-state index in [-0.39, 0.29) is 0 Å². The monoisotopic (exact) mass is 232 g/mol. The largest absolute Gasteiger partial charge is 0.344 e. The number of rotatable bonds is 11. The number of methoxy groups -OCH3 is 1. The van der Waals surface area contributed by atoms with Crippen molar-refractivity contribution >= 4 is 0 Å². The molecule has 0 amide bonds. The van der Waals surface area contributed by atoms with Crippen molar-refractivity contribution in [1.82, 2.24) is 0 Å². The van der Waals surface area contributed by atoms with Gasteiger partial charge in [-0.3, -0.25) is 0 Å². The highest BCUT2D eigenvalue weighted by atomic mass is 16.8. The molecule has 0 fully saturated rings. The number of hydrogen-bond acceptors (Lipinski definition) is 3. The van der Waals surface area contributed by atoms with Crippen molar-refractivity contribution < 1.29 is 14.6 Å². The van der Waals surface area contributed by atoms with Crippen LogP contribution in [0.4, 0.5) is 0 Å².